The maximum absolute atomic E-state index is 12.4. The van der Waals surface area contributed by atoms with Crippen LogP contribution in [0.1, 0.15) is 45.1 Å². The van der Waals surface area contributed by atoms with Gasteiger partial charge in [-0.1, -0.05) is 26.7 Å². The minimum Gasteiger partial charge on any atom is -0.382 e. The van der Waals surface area contributed by atoms with E-state index < -0.39 is 11.7 Å². The van der Waals surface area contributed by atoms with Crippen LogP contribution in [0.25, 0.3) is 0 Å². The first kappa shape index (κ1) is 14.9. The monoisotopic (exact) mass is 259 g/mol. The molecule has 0 spiro atoms. The van der Waals surface area contributed by atoms with Gasteiger partial charge in [-0.3, -0.25) is 0 Å². The molecule has 0 aliphatic carbocycles. The molecule has 0 aromatic heterocycles. The standard InChI is InChI=1S/C14H20F3N/c1-3-5-12(6-4-2)18-13-9-7-11(8-10-13)14(15,16)17/h7-10,12,18H,3-6H2,1-2H3. The Hall–Kier alpha value is -1.19. The van der Waals surface area contributed by atoms with Crippen molar-refractivity contribution in [3.63, 3.8) is 0 Å². The van der Waals surface area contributed by atoms with Gasteiger partial charge in [-0.2, -0.15) is 13.2 Å². The summed E-state index contributed by atoms with van der Waals surface area (Å²) in [5, 5.41) is 3.29. The van der Waals surface area contributed by atoms with E-state index in [1.807, 2.05) is 0 Å². The largest absolute Gasteiger partial charge is 0.416 e. The molecular formula is C14H20F3N. The van der Waals surface area contributed by atoms with Crippen LogP contribution in [0.15, 0.2) is 24.3 Å². The molecular weight excluding hydrogens is 239 g/mol. The molecule has 1 aromatic rings. The number of halogens is 3. The molecule has 0 saturated heterocycles. The molecule has 1 rings (SSSR count). The molecule has 0 fully saturated rings. The third-order valence-corrected chi connectivity index (χ3v) is 2.86. The van der Waals surface area contributed by atoms with Crippen LogP contribution in [0.2, 0.25) is 0 Å². The summed E-state index contributed by atoms with van der Waals surface area (Å²) in [6, 6.07) is 5.59. The maximum Gasteiger partial charge on any atom is 0.416 e. The summed E-state index contributed by atoms with van der Waals surface area (Å²) in [6.45, 7) is 4.22. The average molecular weight is 259 g/mol. The predicted molar refractivity (Wildman–Crippen MR) is 68.7 cm³/mol. The minimum absolute atomic E-state index is 0.344. The zero-order chi connectivity index (χ0) is 13.6. The van der Waals surface area contributed by atoms with E-state index in [1.54, 1.807) is 0 Å². The number of hydrogen-bond acceptors (Lipinski definition) is 1. The summed E-state index contributed by atoms with van der Waals surface area (Å²) in [4.78, 5) is 0. The third-order valence-electron chi connectivity index (χ3n) is 2.86. The zero-order valence-electron chi connectivity index (χ0n) is 10.8. The van der Waals surface area contributed by atoms with Gasteiger partial charge in [-0.25, -0.2) is 0 Å². The van der Waals surface area contributed by atoms with Gasteiger partial charge in [0.1, 0.15) is 0 Å². The third kappa shape index (κ3) is 4.59. The van der Waals surface area contributed by atoms with Crippen molar-refractivity contribution in [2.45, 2.75) is 51.7 Å². The number of nitrogens with one attached hydrogen (secondary N) is 1. The van der Waals surface area contributed by atoms with Crippen molar-refractivity contribution in [2.75, 3.05) is 5.32 Å². The van der Waals surface area contributed by atoms with E-state index in [0.29, 0.717) is 6.04 Å². The molecule has 0 aliphatic rings. The van der Waals surface area contributed by atoms with Crippen LogP contribution in [0.4, 0.5) is 18.9 Å². The Morgan fingerprint density at radius 3 is 1.89 bits per heavy atom. The van der Waals surface area contributed by atoms with Gasteiger partial charge in [-0.15, -0.1) is 0 Å². The molecule has 0 aliphatic heterocycles. The van der Waals surface area contributed by atoms with Crippen molar-refractivity contribution < 1.29 is 13.2 Å². The van der Waals surface area contributed by atoms with E-state index >= 15 is 0 Å². The summed E-state index contributed by atoms with van der Waals surface area (Å²) < 4.78 is 37.2. The number of hydrogen-bond donors (Lipinski definition) is 1. The van der Waals surface area contributed by atoms with Crippen molar-refractivity contribution in [1.29, 1.82) is 0 Å². The van der Waals surface area contributed by atoms with Crippen LogP contribution >= 0.6 is 0 Å². The Labute approximate surface area is 106 Å². The first-order valence-electron chi connectivity index (χ1n) is 6.41. The molecule has 0 amide bonds. The van der Waals surface area contributed by atoms with Crippen LogP contribution < -0.4 is 5.32 Å². The van der Waals surface area contributed by atoms with Crippen molar-refractivity contribution in [1.82, 2.24) is 0 Å². The second kappa shape index (κ2) is 6.66. The lowest BCUT2D eigenvalue weighted by molar-refractivity contribution is -0.137. The summed E-state index contributed by atoms with van der Waals surface area (Å²) in [7, 11) is 0. The summed E-state index contributed by atoms with van der Waals surface area (Å²) >= 11 is 0. The Balaban J connectivity index is 2.67. The number of rotatable bonds is 6. The van der Waals surface area contributed by atoms with E-state index in [9.17, 15) is 13.2 Å². The maximum atomic E-state index is 12.4. The van der Waals surface area contributed by atoms with Crippen molar-refractivity contribution >= 4 is 5.69 Å². The van der Waals surface area contributed by atoms with Gasteiger partial charge in [0.25, 0.3) is 0 Å². The lowest BCUT2D eigenvalue weighted by Crippen LogP contribution is -2.19. The molecule has 4 heteroatoms. The predicted octanol–water partition coefficient (Wildman–Crippen LogP) is 5.09. The molecule has 0 atom stereocenters. The summed E-state index contributed by atoms with van der Waals surface area (Å²) in [6.07, 6.45) is -0.0505. The summed E-state index contributed by atoms with van der Waals surface area (Å²) in [5.74, 6) is 0. The molecule has 102 valence electrons. The van der Waals surface area contributed by atoms with Gasteiger partial charge in [0.05, 0.1) is 5.56 Å². The molecule has 0 unspecified atom stereocenters. The number of benzene rings is 1. The summed E-state index contributed by atoms with van der Waals surface area (Å²) in [5.41, 5.74) is 0.158. The highest BCUT2D eigenvalue weighted by Gasteiger charge is 2.29. The van der Waals surface area contributed by atoms with Gasteiger partial charge >= 0.3 is 6.18 Å². The fourth-order valence-corrected chi connectivity index (χ4v) is 1.98. The van der Waals surface area contributed by atoms with Gasteiger partial charge in [-0.05, 0) is 37.1 Å². The smallest absolute Gasteiger partial charge is 0.382 e. The second-order valence-corrected chi connectivity index (χ2v) is 4.49. The molecule has 1 aromatic carbocycles. The topological polar surface area (TPSA) is 12.0 Å². The normalized spacial score (nSPS) is 11.9. The first-order valence-corrected chi connectivity index (χ1v) is 6.41. The number of anilines is 1. The highest BCUT2D eigenvalue weighted by Crippen LogP contribution is 2.30. The van der Waals surface area contributed by atoms with E-state index in [4.69, 9.17) is 0 Å². The molecule has 1 N–H and O–H groups in total. The van der Waals surface area contributed by atoms with E-state index in [1.165, 1.54) is 12.1 Å². The van der Waals surface area contributed by atoms with Crippen LogP contribution in [-0.2, 0) is 6.18 Å². The van der Waals surface area contributed by atoms with Crippen LogP contribution in [-0.4, -0.2) is 6.04 Å². The van der Waals surface area contributed by atoms with Gasteiger partial charge < -0.3 is 5.32 Å². The molecule has 0 bridgehead atoms. The van der Waals surface area contributed by atoms with Crippen LogP contribution in [0, 0.1) is 0 Å². The van der Waals surface area contributed by atoms with Crippen LogP contribution in [0.3, 0.4) is 0 Å². The van der Waals surface area contributed by atoms with E-state index in [2.05, 4.69) is 19.2 Å². The molecule has 1 nitrogen and oxygen atoms in total. The lowest BCUT2D eigenvalue weighted by atomic mass is 10.1. The fourth-order valence-electron chi connectivity index (χ4n) is 1.98. The second-order valence-electron chi connectivity index (χ2n) is 4.49. The SMILES string of the molecule is CCCC(CCC)Nc1ccc(C(F)(F)F)cc1. The lowest BCUT2D eigenvalue weighted by Gasteiger charge is -2.19. The van der Waals surface area contributed by atoms with Crippen molar-refractivity contribution in [3.8, 4) is 0 Å². The van der Waals surface area contributed by atoms with Gasteiger partial charge in [0, 0.05) is 11.7 Å². The highest BCUT2D eigenvalue weighted by atomic mass is 19.4. The molecule has 18 heavy (non-hydrogen) atoms. The first-order chi connectivity index (χ1) is 8.47. The molecule has 0 heterocycles. The Morgan fingerprint density at radius 1 is 1.00 bits per heavy atom. The Kier molecular flexibility index (Phi) is 5.51. The molecule has 0 radical (unpaired) electrons. The van der Waals surface area contributed by atoms with Crippen molar-refractivity contribution in [3.05, 3.63) is 29.8 Å². The highest BCUT2D eigenvalue weighted by molar-refractivity contribution is 5.45. The minimum atomic E-state index is -4.26. The fraction of sp³-hybridized carbons (Fsp3) is 0.571. The average Bonchev–Trinajstić information content (AvgIpc) is 2.29. The van der Waals surface area contributed by atoms with Gasteiger partial charge in [0.2, 0.25) is 0 Å². The van der Waals surface area contributed by atoms with E-state index in [-0.39, 0.29) is 0 Å². The quantitative estimate of drug-likeness (QED) is 0.750. The van der Waals surface area contributed by atoms with E-state index in [0.717, 1.165) is 43.5 Å². The number of alkyl halides is 3. The van der Waals surface area contributed by atoms with Crippen LogP contribution in [0.5, 0.6) is 0 Å². The Morgan fingerprint density at radius 2 is 1.50 bits per heavy atom. The van der Waals surface area contributed by atoms with Gasteiger partial charge in [0.15, 0.2) is 0 Å². The zero-order valence-corrected chi connectivity index (χ0v) is 10.8. The Bertz CT molecular complexity index is 337. The molecule has 0 saturated carbocycles. The van der Waals surface area contributed by atoms with Crippen molar-refractivity contribution in [2.24, 2.45) is 0 Å².